The highest BCUT2D eigenvalue weighted by Crippen LogP contribution is 2.29. The summed E-state index contributed by atoms with van der Waals surface area (Å²) in [5, 5.41) is 9.36. The van der Waals surface area contributed by atoms with Crippen molar-refractivity contribution in [2.24, 2.45) is 0 Å². The maximum atomic E-state index is 5.91. The molecule has 0 atom stereocenters. The van der Waals surface area contributed by atoms with E-state index in [0.717, 1.165) is 22.0 Å². The number of nitrogens with one attached hydrogen (secondary N) is 1. The molecule has 6 heteroatoms. The van der Waals surface area contributed by atoms with Gasteiger partial charge in [-0.3, -0.25) is 5.10 Å². The molecule has 17 heavy (non-hydrogen) atoms. The standard InChI is InChI=1S/C11H9N5S/c12-8-4-2-1-3-7(8)9-5-17-11(15-9)10-13-6-14-16-10/h1-6H,12H2,(H,13,14,16). The maximum absolute atomic E-state index is 5.91. The Labute approximate surface area is 101 Å². The number of benzene rings is 1. The Kier molecular flexibility index (Phi) is 2.34. The van der Waals surface area contributed by atoms with Crippen molar-refractivity contribution in [3.05, 3.63) is 36.0 Å². The molecule has 0 radical (unpaired) electrons. The third-order valence-corrected chi connectivity index (χ3v) is 3.21. The van der Waals surface area contributed by atoms with E-state index in [4.69, 9.17) is 5.73 Å². The first-order valence-corrected chi connectivity index (χ1v) is 5.89. The molecule has 0 fully saturated rings. The fourth-order valence-electron chi connectivity index (χ4n) is 1.55. The summed E-state index contributed by atoms with van der Waals surface area (Å²) in [6.45, 7) is 0. The Morgan fingerprint density at radius 3 is 2.88 bits per heavy atom. The Bertz CT molecular complexity index is 629. The first-order valence-electron chi connectivity index (χ1n) is 5.01. The van der Waals surface area contributed by atoms with E-state index in [2.05, 4.69) is 20.2 Å². The quantitative estimate of drug-likeness (QED) is 0.676. The zero-order valence-electron chi connectivity index (χ0n) is 8.79. The summed E-state index contributed by atoms with van der Waals surface area (Å²) in [7, 11) is 0. The predicted octanol–water partition coefficient (Wildman–Crippen LogP) is 2.18. The molecule has 0 aliphatic heterocycles. The topological polar surface area (TPSA) is 80.5 Å². The van der Waals surface area contributed by atoms with Gasteiger partial charge in [-0.1, -0.05) is 18.2 Å². The summed E-state index contributed by atoms with van der Waals surface area (Å²) < 4.78 is 0. The van der Waals surface area contributed by atoms with Crippen LogP contribution in [0.3, 0.4) is 0 Å². The summed E-state index contributed by atoms with van der Waals surface area (Å²) in [6, 6.07) is 7.67. The lowest BCUT2D eigenvalue weighted by molar-refractivity contribution is 1.09. The van der Waals surface area contributed by atoms with E-state index in [9.17, 15) is 0 Å². The smallest absolute Gasteiger partial charge is 0.184 e. The van der Waals surface area contributed by atoms with E-state index >= 15 is 0 Å². The molecule has 1 aromatic carbocycles. The highest BCUT2D eigenvalue weighted by Gasteiger charge is 2.10. The van der Waals surface area contributed by atoms with E-state index in [1.165, 1.54) is 17.7 Å². The van der Waals surface area contributed by atoms with Crippen molar-refractivity contribution in [2.75, 3.05) is 5.73 Å². The minimum atomic E-state index is 0.677. The van der Waals surface area contributed by atoms with Crippen molar-refractivity contribution < 1.29 is 0 Å². The number of nitrogens with two attached hydrogens (primary N) is 1. The maximum Gasteiger partial charge on any atom is 0.184 e. The third kappa shape index (κ3) is 1.78. The predicted molar refractivity (Wildman–Crippen MR) is 67.3 cm³/mol. The lowest BCUT2D eigenvalue weighted by Gasteiger charge is -2.00. The summed E-state index contributed by atoms with van der Waals surface area (Å²) in [5.41, 5.74) is 8.43. The second-order valence-electron chi connectivity index (χ2n) is 3.46. The molecule has 3 aromatic rings. The molecule has 84 valence electrons. The van der Waals surface area contributed by atoms with Crippen LogP contribution in [0.4, 0.5) is 5.69 Å². The van der Waals surface area contributed by atoms with Crippen LogP contribution in [0.25, 0.3) is 22.1 Å². The lowest BCUT2D eigenvalue weighted by Crippen LogP contribution is -1.89. The van der Waals surface area contributed by atoms with Crippen molar-refractivity contribution in [1.29, 1.82) is 0 Å². The Morgan fingerprint density at radius 2 is 2.12 bits per heavy atom. The van der Waals surface area contributed by atoms with Crippen LogP contribution in [0, 0.1) is 0 Å². The fraction of sp³-hybridized carbons (Fsp3) is 0. The molecular weight excluding hydrogens is 234 g/mol. The van der Waals surface area contributed by atoms with Crippen LogP contribution in [0.5, 0.6) is 0 Å². The molecule has 2 heterocycles. The molecule has 5 nitrogen and oxygen atoms in total. The van der Waals surface area contributed by atoms with Crippen LogP contribution in [-0.2, 0) is 0 Å². The van der Waals surface area contributed by atoms with Gasteiger partial charge in [0.2, 0.25) is 0 Å². The van der Waals surface area contributed by atoms with Gasteiger partial charge in [0.25, 0.3) is 0 Å². The normalized spacial score (nSPS) is 10.6. The van der Waals surface area contributed by atoms with E-state index in [1.807, 2.05) is 29.6 Å². The zero-order valence-corrected chi connectivity index (χ0v) is 9.61. The second-order valence-corrected chi connectivity index (χ2v) is 4.32. The molecule has 2 aromatic heterocycles. The molecule has 0 saturated heterocycles. The average molecular weight is 243 g/mol. The van der Waals surface area contributed by atoms with Gasteiger partial charge in [-0.15, -0.1) is 11.3 Å². The molecule has 0 aliphatic rings. The Balaban J connectivity index is 2.04. The number of para-hydroxylation sites is 1. The fourth-order valence-corrected chi connectivity index (χ4v) is 2.31. The average Bonchev–Trinajstić information content (AvgIpc) is 3.00. The number of nitrogens with zero attached hydrogens (tertiary/aromatic N) is 3. The summed E-state index contributed by atoms with van der Waals surface area (Å²) in [6.07, 6.45) is 1.47. The molecule has 3 N–H and O–H groups in total. The molecule has 0 unspecified atom stereocenters. The van der Waals surface area contributed by atoms with E-state index in [0.29, 0.717) is 5.82 Å². The highest BCUT2D eigenvalue weighted by molar-refractivity contribution is 7.13. The van der Waals surface area contributed by atoms with Gasteiger partial charge in [0.1, 0.15) is 6.33 Å². The number of thiazole rings is 1. The number of hydrogen-bond acceptors (Lipinski definition) is 5. The minimum Gasteiger partial charge on any atom is -0.398 e. The van der Waals surface area contributed by atoms with Gasteiger partial charge in [-0.05, 0) is 6.07 Å². The van der Waals surface area contributed by atoms with Crippen LogP contribution in [-0.4, -0.2) is 20.2 Å². The Hall–Kier alpha value is -2.21. The van der Waals surface area contributed by atoms with Crippen LogP contribution in [0.15, 0.2) is 36.0 Å². The monoisotopic (exact) mass is 243 g/mol. The van der Waals surface area contributed by atoms with Crippen LogP contribution in [0.2, 0.25) is 0 Å². The van der Waals surface area contributed by atoms with Crippen LogP contribution in [0.1, 0.15) is 0 Å². The second kappa shape index (κ2) is 3.99. The van der Waals surface area contributed by atoms with Gasteiger partial charge in [-0.2, -0.15) is 5.10 Å². The molecular formula is C11H9N5S. The zero-order chi connectivity index (χ0) is 11.7. The van der Waals surface area contributed by atoms with Gasteiger partial charge in [-0.25, -0.2) is 9.97 Å². The highest BCUT2D eigenvalue weighted by atomic mass is 32.1. The Morgan fingerprint density at radius 1 is 1.24 bits per heavy atom. The summed E-state index contributed by atoms with van der Waals surface area (Å²) in [5.74, 6) is 0.677. The minimum absolute atomic E-state index is 0.677. The van der Waals surface area contributed by atoms with Crippen molar-refractivity contribution in [3.8, 4) is 22.1 Å². The van der Waals surface area contributed by atoms with Gasteiger partial charge in [0.15, 0.2) is 10.8 Å². The first kappa shape index (κ1) is 9.98. The van der Waals surface area contributed by atoms with Crippen LogP contribution < -0.4 is 5.73 Å². The van der Waals surface area contributed by atoms with Crippen molar-refractivity contribution in [3.63, 3.8) is 0 Å². The van der Waals surface area contributed by atoms with E-state index in [-0.39, 0.29) is 0 Å². The summed E-state index contributed by atoms with van der Waals surface area (Å²) in [4.78, 5) is 8.55. The van der Waals surface area contributed by atoms with Crippen molar-refractivity contribution >= 4 is 17.0 Å². The SMILES string of the molecule is Nc1ccccc1-c1csc(-c2ncn[nH]2)n1. The van der Waals surface area contributed by atoms with Crippen molar-refractivity contribution in [1.82, 2.24) is 20.2 Å². The summed E-state index contributed by atoms with van der Waals surface area (Å²) >= 11 is 1.51. The molecule has 0 spiro atoms. The number of anilines is 1. The number of H-pyrrole nitrogens is 1. The largest absolute Gasteiger partial charge is 0.398 e. The number of nitrogen functional groups attached to an aromatic ring is 1. The number of hydrogen-bond donors (Lipinski definition) is 2. The molecule has 0 aliphatic carbocycles. The first-order chi connectivity index (χ1) is 8.34. The lowest BCUT2D eigenvalue weighted by atomic mass is 10.1. The third-order valence-electron chi connectivity index (χ3n) is 2.36. The number of aromatic amines is 1. The van der Waals surface area contributed by atoms with Crippen molar-refractivity contribution in [2.45, 2.75) is 0 Å². The number of rotatable bonds is 2. The number of aromatic nitrogens is 4. The molecule has 0 amide bonds. The molecule has 3 rings (SSSR count). The van der Waals surface area contributed by atoms with Crippen LogP contribution >= 0.6 is 11.3 Å². The van der Waals surface area contributed by atoms with E-state index < -0.39 is 0 Å². The van der Waals surface area contributed by atoms with Gasteiger partial charge < -0.3 is 5.73 Å². The van der Waals surface area contributed by atoms with Gasteiger partial charge >= 0.3 is 0 Å². The molecule has 0 saturated carbocycles. The van der Waals surface area contributed by atoms with E-state index in [1.54, 1.807) is 0 Å². The van der Waals surface area contributed by atoms with Gasteiger partial charge in [0.05, 0.1) is 5.69 Å². The molecule has 0 bridgehead atoms. The van der Waals surface area contributed by atoms with Gasteiger partial charge in [0, 0.05) is 16.6 Å².